The number of H-pyrrole nitrogens is 1. The number of aromatic nitrogens is 2. The molecule has 0 aliphatic heterocycles. The van der Waals surface area contributed by atoms with Gasteiger partial charge in [-0.15, -0.1) is 0 Å². The van der Waals surface area contributed by atoms with Gasteiger partial charge in [0.1, 0.15) is 11.9 Å². The van der Waals surface area contributed by atoms with Crippen LogP contribution in [0.1, 0.15) is 30.4 Å². The molecule has 1 aromatic carbocycles. The van der Waals surface area contributed by atoms with Gasteiger partial charge in [0.05, 0.1) is 5.69 Å². The Labute approximate surface area is 101 Å². The van der Waals surface area contributed by atoms with Crippen molar-refractivity contribution in [2.45, 2.75) is 26.7 Å². The van der Waals surface area contributed by atoms with Crippen LogP contribution < -0.4 is 0 Å². The van der Waals surface area contributed by atoms with Crippen LogP contribution in [0.2, 0.25) is 0 Å². The molecule has 0 unspecified atom stereocenters. The molecule has 17 heavy (non-hydrogen) atoms. The SMILES string of the molecule is CCCc1ccc(-c2[nH]c(C)nc2C#N)cc1. The first-order valence-corrected chi connectivity index (χ1v) is 5.80. The molecule has 86 valence electrons. The third-order valence-electron chi connectivity index (χ3n) is 2.71. The minimum absolute atomic E-state index is 0.464. The van der Waals surface area contributed by atoms with Crippen molar-refractivity contribution >= 4 is 0 Å². The van der Waals surface area contributed by atoms with Gasteiger partial charge in [0.15, 0.2) is 5.69 Å². The monoisotopic (exact) mass is 225 g/mol. The van der Waals surface area contributed by atoms with Crippen molar-refractivity contribution in [3.8, 4) is 17.3 Å². The number of hydrogen-bond acceptors (Lipinski definition) is 2. The molecule has 0 aliphatic carbocycles. The lowest BCUT2D eigenvalue weighted by atomic mass is 10.1. The van der Waals surface area contributed by atoms with Crippen molar-refractivity contribution < 1.29 is 0 Å². The summed E-state index contributed by atoms with van der Waals surface area (Å²) in [5.74, 6) is 0.772. The molecule has 3 heteroatoms. The topological polar surface area (TPSA) is 52.5 Å². The average molecular weight is 225 g/mol. The van der Waals surface area contributed by atoms with Crippen molar-refractivity contribution in [3.63, 3.8) is 0 Å². The second-order valence-corrected chi connectivity index (χ2v) is 4.10. The molecule has 2 rings (SSSR count). The van der Waals surface area contributed by atoms with E-state index in [2.05, 4.69) is 35.1 Å². The summed E-state index contributed by atoms with van der Waals surface area (Å²) >= 11 is 0. The molecule has 2 aromatic rings. The lowest BCUT2D eigenvalue weighted by Gasteiger charge is -2.01. The zero-order valence-corrected chi connectivity index (χ0v) is 10.1. The van der Waals surface area contributed by atoms with Crippen LogP contribution in [0.4, 0.5) is 0 Å². The lowest BCUT2D eigenvalue weighted by molar-refractivity contribution is 0.922. The third kappa shape index (κ3) is 2.36. The van der Waals surface area contributed by atoms with E-state index in [4.69, 9.17) is 5.26 Å². The van der Waals surface area contributed by atoms with Crippen LogP contribution in [-0.2, 0) is 6.42 Å². The summed E-state index contributed by atoms with van der Waals surface area (Å²) in [4.78, 5) is 7.28. The molecule has 0 aliphatic rings. The van der Waals surface area contributed by atoms with E-state index in [1.165, 1.54) is 5.56 Å². The Kier molecular flexibility index (Phi) is 3.24. The highest BCUT2D eigenvalue weighted by Crippen LogP contribution is 2.21. The average Bonchev–Trinajstić information content (AvgIpc) is 2.72. The van der Waals surface area contributed by atoms with Crippen LogP contribution in [-0.4, -0.2) is 9.97 Å². The van der Waals surface area contributed by atoms with Crippen LogP contribution in [0.3, 0.4) is 0 Å². The van der Waals surface area contributed by atoms with Gasteiger partial charge in [-0.1, -0.05) is 37.6 Å². The van der Waals surface area contributed by atoms with Gasteiger partial charge >= 0.3 is 0 Å². The maximum atomic E-state index is 9.00. The van der Waals surface area contributed by atoms with Gasteiger partial charge in [0.25, 0.3) is 0 Å². The molecule has 0 amide bonds. The van der Waals surface area contributed by atoms with Gasteiger partial charge in [-0.05, 0) is 18.9 Å². The molecular formula is C14H15N3. The summed E-state index contributed by atoms with van der Waals surface area (Å²) in [6.07, 6.45) is 2.24. The van der Waals surface area contributed by atoms with Gasteiger partial charge < -0.3 is 4.98 Å². The number of imidazole rings is 1. The molecule has 0 spiro atoms. The minimum atomic E-state index is 0.464. The fraction of sp³-hybridized carbons (Fsp3) is 0.286. The quantitative estimate of drug-likeness (QED) is 0.872. The molecule has 0 saturated carbocycles. The van der Waals surface area contributed by atoms with E-state index >= 15 is 0 Å². The summed E-state index contributed by atoms with van der Waals surface area (Å²) < 4.78 is 0. The normalized spacial score (nSPS) is 10.2. The highest BCUT2D eigenvalue weighted by atomic mass is 14.9. The van der Waals surface area contributed by atoms with Crippen LogP contribution in [0.25, 0.3) is 11.3 Å². The summed E-state index contributed by atoms with van der Waals surface area (Å²) in [7, 11) is 0. The Morgan fingerprint density at radius 1 is 1.29 bits per heavy atom. The zero-order chi connectivity index (χ0) is 12.3. The van der Waals surface area contributed by atoms with Gasteiger partial charge in [-0.25, -0.2) is 4.98 Å². The van der Waals surface area contributed by atoms with Crippen molar-refractivity contribution in [1.82, 2.24) is 9.97 Å². The smallest absolute Gasteiger partial charge is 0.166 e. The molecule has 3 nitrogen and oxygen atoms in total. The zero-order valence-electron chi connectivity index (χ0n) is 10.1. The number of nitrogens with zero attached hydrogens (tertiary/aromatic N) is 2. The summed E-state index contributed by atoms with van der Waals surface area (Å²) in [6.45, 7) is 4.02. The van der Waals surface area contributed by atoms with E-state index in [1.54, 1.807) is 0 Å². The fourth-order valence-corrected chi connectivity index (χ4v) is 1.91. The molecule has 0 radical (unpaired) electrons. The minimum Gasteiger partial charge on any atom is -0.341 e. The Morgan fingerprint density at radius 3 is 2.59 bits per heavy atom. The number of rotatable bonds is 3. The van der Waals surface area contributed by atoms with E-state index in [1.807, 2.05) is 19.1 Å². The largest absolute Gasteiger partial charge is 0.341 e. The second-order valence-electron chi connectivity index (χ2n) is 4.10. The third-order valence-corrected chi connectivity index (χ3v) is 2.71. The van der Waals surface area contributed by atoms with Crippen molar-refractivity contribution in [1.29, 1.82) is 5.26 Å². The van der Waals surface area contributed by atoms with Crippen LogP contribution in [0, 0.1) is 18.3 Å². The number of aromatic amines is 1. The van der Waals surface area contributed by atoms with Crippen LogP contribution in [0.5, 0.6) is 0 Å². The summed E-state index contributed by atoms with van der Waals surface area (Å²) in [5, 5.41) is 9.00. The van der Waals surface area contributed by atoms with E-state index in [0.29, 0.717) is 5.69 Å². The Morgan fingerprint density at radius 2 is 2.00 bits per heavy atom. The van der Waals surface area contributed by atoms with Crippen LogP contribution in [0.15, 0.2) is 24.3 Å². The fourth-order valence-electron chi connectivity index (χ4n) is 1.91. The standard InChI is InChI=1S/C14H15N3/c1-3-4-11-5-7-12(8-6-11)14-13(9-15)16-10(2)17-14/h5-8H,3-4H2,1-2H3,(H,16,17). The number of aryl methyl sites for hydroxylation is 2. The van der Waals surface area contributed by atoms with Crippen molar-refractivity contribution in [2.75, 3.05) is 0 Å². The first-order valence-electron chi connectivity index (χ1n) is 5.80. The van der Waals surface area contributed by atoms with Crippen molar-refractivity contribution in [2.24, 2.45) is 0 Å². The van der Waals surface area contributed by atoms with Gasteiger partial charge in [-0.2, -0.15) is 5.26 Å². The molecule has 0 saturated heterocycles. The first-order chi connectivity index (χ1) is 8.24. The molecular weight excluding hydrogens is 210 g/mol. The lowest BCUT2D eigenvalue weighted by Crippen LogP contribution is -1.85. The predicted octanol–water partition coefficient (Wildman–Crippen LogP) is 3.21. The Hall–Kier alpha value is -2.08. The maximum Gasteiger partial charge on any atom is 0.166 e. The molecule has 1 N–H and O–H groups in total. The highest BCUT2D eigenvalue weighted by molar-refractivity contribution is 5.65. The highest BCUT2D eigenvalue weighted by Gasteiger charge is 2.09. The van der Waals surface area contributed by atoms with Crippen LogP contribution >= 0.6 is 0 Å². The second kappa shape index (κ2) is 4.84. The van der Waals surface area contributed by atoms with E-state index in [9.17, 15) is 0 Å². The number of nitrogens with one attached hydrogen (secondary N) is 1. The predicted molar refractivity (Wildman–Crippen MR) is 67.5 cm³/mol. The Balaban J connectivity index is 2.36. The maximum absolute atomic E-state index is 9.00. The van der Waals surface area contributed by atoms with E-state index in [-0.39, 0.29) is 0 Å². The number of nitriles is 1. The number of benzene rings is 1. The Bertz CT molecular complexity index is 544. The molecule has 0 fully saturated rings. The number of hydrogen-bond donors (Lipinski definition) is 1. The molecule has 1 aromatic heterocycles. The molecule has 0 atom stereocenters. The van der Waals surface area contributed by atoms with E-state index < -0.39 is 0 Å². The molecule has 0 bridgehead atoms. The van der Waals surface area contributed by atoms with Crippen molar-refractivity contribution in [3.05, 3.63) is 41.3 Å². The molecule has 1 heterocycles. The van der Waals surface area contributed by atoms with Gasteiger partial charge in [-0.3, -0.25) is 0 Å². The van der Waals surface area contributed by atoms with Gasteiger partial charge in [0, 0.05) is 5.56 Å². The summed E-state index contributed by atoms with van der Waals surface area (Å²) in [5.41, 5.74) is 3.62. The van der Waals surface area contributed by atoms with E-state index in [0.717, 1.165) is 29.9 Å². The first kappa shape index (κ1) is 11.4. The summed E-state index contributed by atoms with van der Waals surface area (Å²) in [6, 6.07) is 10.4. The van der Waals surface area contributed by atoms with Gasteiger partial charge in [0.2, 0.25) is 0 Å².